The molecule has 1 aliphatic rings. The summed E-state index contributed by atoms with van der Waals surface area (Å²) in [6, 6.07) is 2.21. The summed E-state index contributed by atoms with van der Waals surface area (Å²) >= 11 is 4.09. The van der Waals surface area contributed by atoms with Crippen molar-refractivity contribution < 1.29 is 4.79 Å². The van der Waals surface area contributed by atoms with E-state index < -0.39 is 0 Å². The van der Waals surface area contributed by atoms with Gasteiger partial charge in [0.15, 0.2) is 0 Å². The summed E-state index contributed by atoms with van der Waals surface area (Å²) in [4.78, 5) is 13.2. The lowest BCUT2D eigenvalue weighted by molar-refractivity contribution is -0.131. The molecule has 0 N–H and O–H groups in total. The van der Waals surface area contributed by atoms with Crippen molar-refractivity contribution in [2.45, 2.75) is 25.0 Å². The average Bonchev–Trinajstić information content (AvgIpc) is 2.16. The molecule has 1 rings (SSSR count). The standard InChI is InChI=1S/C9H14N2OS/c1-7(13)9(12)11-4-2-3-8(5-10)6-11/h7-8,13H,2-4,6H2,1H3. The largest absolute Gasteiger partial charge is 0.340 e. The van der Waals surface area contributed by atoms with Gasteiger partial charge in [-0.2, -0.15) is 17.9 Å². The lowest BCUT2D eigenvalue weighted by Crippen LogP contribution is -2.42. The third kappa shape index (κ3) is 2.63. The summed E-state index contributed by atoms with van der Waals surface area (Å²) in [6.45, 7) is 3.13. The molecule has 1 heterocycles. The zero-order valence-corrected chi connectivity index (χ0v) is 8.63. The van der Waals surface area contributed by atoms with Gasteiger partial charge in [0, 0.05) is 13.1 Å². The Kier molecular flexibility index (Phi) is 3.61. The third-order valence-electron chi connectivity index (χ3n) is 2.27. The van der Waals surface area contributed by atoms with Crippen LogP contribution in [0.15, 0.2) is 0 Å². The number of carbonyl (C=O) groups is 1. The van der Waals surface area contributed by atoms with Crippen LogP contribution in [0.3, 0.4) is 0 Å². The molecular weight excluding hydrogens is 184 g/mol. The number of hydrogen-bond acceptors (Lipinski definition) is 3. The summed E-state index contributed by atoms with van der Waals surface area (Å²) in [5.74, 6) is 0.0630. The van der Waals surface area contributed by atoms with Crippen LogP contribution in [0.4, 0.5) is 0 Å². The maximum Gasteiger partial charge on any atom is 0.235 e. The van der Waals surface area contributed by atoms with Crippen LogP contribution in [-0.2, 0) is 4.79 Å². The van der Waals surface area contributed by atoms with Crippen LogP contribution in [0.2, 0.25) is 0 Å². The Labute approximate surface area is 84.1 Å². The van der Waals surface area contributed by atoms with Crippen LogP contribution < -0.4 is 0 Å². The second-order valence-electron chi connectivity index (χ2n) is 3.43. The number of piperidine rings is 1. The normalized spacial score (nSPS) is 25.0. The van der Waals surface area contributed by atoms with Crippen molar-refractivity contribution in [2.24, 2.45) is 5.92 Å². The van der Waals surface area contributed by atoms with Gasteiger partial charge in [0.25, 0.3) is 0 Å². The van der Waals surface area contributed by atoms with Gasteiger partial charge in [-0.25, -0.2) is 0 Å². The van der Waals surface area contributed by atoms with Gasteiger partial charge in [0.2, 0.25) is 5.91 Å². The highest BCUT2D eigenvalue weighted by atomic mass is 32.1. The zero-order chi connectivity index (χ0) is 9.84. The van der Waals surface area contributed by atoms with Crippen molar-refractivity contribution in [1.29, 1.82) is 5.26 Å². The van der Waals surface area contributed by atoms with Gasteiger partial charge >= 0.3 is 0 Å². The molecule has 0 aliphatic carbocycles. The van der Waals surface area contributed by atoms with Crippen molar-refractivity contribution in [3.8, 4) is 6.07 Å². The van der Waals surface area contributed by atoms with E-state index in [0.29, 0.717) is 6.54 Å². The number of hydrogen-bond donors (Lipinski definition) is 1. The minimum atomic E-state index is -0.252. The minimum absolute atomic E-state index is 0.0183. The predicted octanol–water partition coefficient (Wildman–Crippen LogP) is 1.07. The fourth-order valence-electron chi connectivity index (χ4n) is 1.55. The zero-order valence-electron chi connectivity index (χ0n) is 7.73. The number of nitriles is 1. The van der Waals surface area contributed by atoms with E-state index in [0.717, 1.165) is 19.4 Å². The van der Waals surface area contributed by atoms with Crippen LogP contribution in [0.25, 0.3) is 0 Å². The van der Waals surface area contributed by atoms with E-state index >= 15 is 0 Å². The van der Waals surface area contributed by atoms with Crippen LogP contribution >= 0.6 is 12.6 Å². The quantitative estimate of drug-likeness (QED) is 0.640. The topological polar surface area (TPSA) is 44.1 Å². The molecule has 1 saturated heterocycles. The molecule has 72 valence electrons. The lowest BCUT2D eigenvalue weighted by Gasteiger charge is -2.30. The fraction of sp³-hybridized carbons (Fsp3) is 0.778. The number of nitrogens with zero attached hydrogens (tertiary/aromatic N) is 2. The number of carbonyl (C=O) groups excluding carboxylic acids is 1. The van der Waals surface area contributed by atoms with Gasteiger partial charge < -0.3 is 4.90 Å². The second kappa shape index (κ2) is 4.52. The van der Waals surface area contributed by atoms with Crippen molar-refractivity contribution >= 4 is 18.5 Å². The molecule has 0 spiro atoms. The Morgan fingerprint density at radius 3 is 3.00 bits per heavy atom. The summed E-state index contributed by atoms with van der Waals surface area (Å²) in [7, 11) is 0. The molecule has 2 atom stereocenters. The smallest absolute Gasteiger partial charge is 0.235 e. The highest BCUT2D eigenvalue weighted by molar-refractivity contribution is 7.81. The molecule has 4 heteroatoms. The van der Waals surface area contributed by atoms with E-state index in [2.05, 4.69) is 18.7 Å². The van der Waals surface area contributed by atoms with Gasteiger partial charge in [0.05, 0.1) is 17.2 Å². The molecule has 0 aromatic carbocycles. The lowest BCUT2D eigenvalue weighted by atomic mass is 9.99. The minimum Gasteiger partial charge on any atom is -0.340 e. The predicted molar refractivity (Wildman–Crippen MR) is 53.4 cm³/mol. The van der Waals surface area contributed by atoms with E-state index in [1.807, 2.05) is 0 Å². The molecule has 0 radical (unpaired) electrons. The highest BCUT2D eigenvalue weighted by Crippen LogP contribution is 2.16. The first-order valence-electron chi connectivity index (χ1n) is 4.51. The summed E-state index contributed by atoms with van der Waals surface area (Å²) in [5.41, 5.74) is 0. The van der Waals surface area contributed by atoms with E-state index in [1.54, 1.807) is 11.8 Å². The molecule has 0 bridgehead atoms. The van der Waals surface area contributed by atoms with Crippen LogP contribution in [0.1, 0.15) is 19.8 Å². The number of likely N-dealkylation sites (tertiary alicyclic amines) is 1. The van der Waals surface area contributed by atoms with E-state index in [-0.39, 0.29) is 17.1 Å². The molecule has 1 fully saturated rings. The molecule has 1 amide bonds. The second-order valence-corrected chi connectivity index (χ2v) is 4.20. The molecule has 0 aromatic rings. The maximum atomic E-state index is 11.5. The SMILES string of the molecule is CC(S)C(=O)N1CCCC(C#N)C1. The molecule has 2 unspecified atom stereocenters. The number of thiol groups is 1. The van der Waals surface area contributed by atoms with Gasteiger partial charge in [0.1, 0.15) is 0 Å². The fourth-order valence-corrected chi connectivity index (χ4v) is 1.71. The van der Waals surface area contributed by atoms with Crippen molar-refractivity contribution in [3.63, 3.8) is 0 Å². The van der Waals surface area contributed by atoms with Crippen LogP contribution in [-0.4, -0.2) is 29.1 Å². The molecule has 13 heavy (non-hydrogen) atoms. The Morgan fingerprint density at radius 1 is 1.77 bits per heavy atom. The number of rotatable bonds is 1. The first kappa shape index (κ1) is 10.4. The first-order chi connectivity index (χ1) is 6.15. The first-order valence-corrected chi connectivity index (χ1v) is 5.03. The Morgan fingerprint density at radius 2 is 2.46 bits per heavy atom. The van der Waals surface area contributed by atoms with Crippen LogP contribution in [0.5, 0.6) is 0 Å². The van der Waals surface area contributed by atoms with Crippen molar-refractivity contribution in [2.75, 3.05) is 13.1 Å². The van der Waals surface area contributed by atoms with E-state index in [1.165, 1.54) is 0 Å². The Bertz CT molecular complexity index is 234. The highest BCUT2D eigenvalue weighted by Gasteiger charge is 2.24. The number of amides is 1. The average molecular weight is 198 g/mol. The van der Waals surface area contributed by atoms with Gasteiger partial charge in [-0.15, -0.1) is 0 Å². The summed E-state index contributed by atoms with van der Waals surface area (Å²) in [5, 5.41) is 8.47. The third-order valence-corrected chi connectivity index (χ3v) is 2.49. The monoisotopic (exact) mass is 198 g/mol. The Balaban J connectivity index is 2.52. The van der Waals surface area contributed by atoms with Gasteiger partial charge in [-0.05, 0) is 19.8 Å². The maximum absolute atomic E-state index is 11.5. The van der Waals surface area contributed by atoms with Crippen LogP contribution in [0, 0.1) is 17.2 Å². The molecule has 0 saturated carbocycles. The van der Waals surface area contributed by atoms with Gasteiger partial charge in [-0.1, -0.05) is 0 Å². The Hall–Kier alpha value is -0.690. The molecule has 3 nitrogen and oxygen atoms in total. The van der Waals surface area contributed by atoms with E-state index in [9.17, 15) is 4.79 Å². The van der Waals surface area contributed by atoms with Crippen molar-refractivity contribution in [1.82, 2.24) is 4.90 Å². The molecular formula is C9H14N2OS. The molecule has 1 aliphatic heterocycles. The van der Waals surface area contributed by atoms with Gasteiger partial charge in [-0.3, -0.25) is 4.79 Å². The molecule has 0 aromatic heterocycles. The summed E-state index contributed by atoms with van der Waals surface area (Å²) in [6.07, 6.45) is 1.85. The van der Waals surface area contributed by atoms with E-state index in [4.69, 9.17) is 5.26 Å². The van der Waals surface area contributed by atoms with Crippen molar-refractivity contribution in [3.05, 3.63) is 0 Å². The summed E-state index contributed by atoms with van der Waals surface area (Å²) < 4.78 is 0.